The van der Waals surface area contributed by atoms with Crippen LogP contribution in [0.3, 0.4) is 0 Å². The molecular weight excluding hydrogens is 348 g/mol. The standard InChI is InChI=1S/C19H24N4O4/c1-21(14-18(24)25)12-16-13-22(9-10-27-16)19(26)17-6-3-2-5-15(17)11-23-8-4-7-20-23/h2-8,16H,9-14H2,1H3,(H,24,25). The summed E-state index contributed by atoms with van der Waals surface area (Å²) in [5, 5.41) is 13.1. The van der Waals surface area contributed by atoms with Crippen molar-refractivity contribution in [2.24, 2.45) is 0 Å². The molecule has 1 aliphatic rings. The number of nitrogens with zero attached hydrogens (tertiary/aromatic N) is 4. The Balaban J connectivity index is 1.67. The predicted octanol–water partition coefficient (Wildman–Crippen LogP) is 0.789. The van der Waals surface area contributed by atoms with E-state index in [-0.39, 0.29) is 18.6 Å². The number of carbonyl (C=O) groups excluding carboxylic acids is 1. The molecule has 1 aromatic heterocycles. The van der Waals surface area contributed by atoms with E-state index in [1.165, 1.54) is 0 Å². The minimum atomic E-state index is -0.881. The summed E-state index contributed by atoms with van der Waals surface area (Å²) >= 11 is 0. The molecule has 0 saturated carbocycles. The smallest absolute Gasteiger partial charge is 0.317 e. The molecule has 0 aliphatic carbocycles. The van der Waals surface area contributed by atoms with Gasteiger partial charge in [-0.2, -0.15) is 5.10 Å². The van der Waals surface area contributed by atoms with Crippen molar-refractivity contribution in [2.45, 2.75) is 12.6 Å². The molecule has 1 N–H and O–H groups in total. The first kappa shape index (κ1) is 19.1. The molecule has 0 radical (unpaired) electrons. The molecular formula is C19H24N4O4. The third-order valence-electron chi connectivity index (χ3n) is 4.49. The summed E-state index contributed by atoms with van der Waals surface area (Å²) in [4.78, 5) is 27.4. The number of rotatable bonds is 7. The molecule has 1 unspecified atom stereocenters. The van der Waals surface area contributed by atoms with Gasteiger partial charge in [0.2, 0.25) is 0 Å². The molecule has 8 heteroatoms. The molecule has 27 heavy (non-hydrogen) atoms. The number of morpholine rings is 1. The van der Waals surface area contributed by atoms with E-state index in [1.54, 1.807) is 27.7 Å². The Kier molecular flexibility index (Phi) is 6.20. The molecule has 1 aromatic carbocycles. The van der Waals surface area contributed by atoms with Crippen LogP contribution in [-0.2, 0) is 16.1 Å². The normalized spacial score (nSPS) is 17.3. The lowest BCUT2D eigenvalue weighted by Gasteiger charge is -2.35. The number of benzene rings is 1. The lowest BCUT2D eigenvalue weighted by atomic mass is 10.1. The Morgan fingerprint density at radius 3 is 2.89 bits per heavy atom. The van der Waals surface area contributed by atoms with Gasteiger partial charge in [0.1, 0.15) is 0 Å². The number of carbonyl (C=O) groups is 2. The Hall–Kier alpha value is -2.71. The van der Waals surface area contributed by atoms with Gasteiger partial charge in [-0.3, -0.25) is 19.2 Å². The first-order valence-corrected chi connectivity index (χ1v) is 8.89. The number of hydrogen-bond donors (Lipinski definition) is 1. The van der Waals surface area contributed by atoms with Crippen molar-refractivity contribution in [1.29, 1.82) is 0 Å². The molecule has 8 nitrogen and oxygen atoms in total. The fraction of sp³-hybridized carbons (Fsp3) is 0.421. The monoisotopic (exact) mass is 372 g/mol. The molecule has 1 aliphatic heterocycles. The van der Waals surface area contributed by atoms with Crippen LogP contribution in [0.1, 0.15) is 15.9 Å². The molecule has 2 aromatic rings. The zero-order valence-electron chi connectivity index (χ0n) is 15.3. The number of amides is 1. The summed E-state index contributed by atoms with van der Waals surface area (Å²) in [5.74, 6) is -0.916. The molecule has 1 amide bonds. The quantitative estimate of drug-likeness (QED) is 0.773. The highest BCUT2D eigenvalue weighted by molar-refractivity contribution is 5.95. The zero-order valence-corrected chi connectivity index (χ0v) is 15.3. The van der Waals surface area contributed by atoms with Crippen LogP contribution < -0.4 is 0 Å². The Bertz CT molecular complexity index is 778. The number of ether oxygens (including phenoxy) is 1. The molecule has 1 fully saturated rings. The lowest BCUT2D eigenvalue weighted by Crippen LogP contribution is -2.49. The third-order valence-corrected chi connectivity index (χ3v) is 4.49. The van der Waals surface area contributed by atoms with Crippen molar-refractivity contribution in [2.75, 3.05) is 39.8 Å². The summed E-state index contributed by atoms with van der Waals surface area (Å²) in [6.07, 6.45) is 3.37. The van der Waals surface area contributed by atoms with Gasteiger partial charge in [-0.25, -0.2) is 0 Å². The van der Waals surface area contributed by atoms with E-state index in [0.29, 0.717) is 38.3 Å². The molecule has 144 valence electrons. The SMILES string of the molecule is CN(CC(=O)O)CC1CN(C(=O)c2ccccc2Cn2cccn2)CCO1. The van der Waals surface area contributed by atoms with Gasteiger partial charge >= 0.3 is 5.97 Å². The van der Waals surface area contributed by atoms with Gasteiger partial charge in [0.15, 0.2) is 0 Å². The van der Waals surface area contributed by atoms with Gasteiger partial charge in [-0.1, -0.05) is 18.2 Å². The summed E-state index contributed by atoms with van der Waals surface area (Å²) in [6.45, 7) is 2.35. The van der Waals surface area contributed by atoms with E-state index in [0.717, 1.165) is 5.56 Å². The Morgan fingerprint density at radius 1 is 1.33 bits per heavy atom. The number of carboxylic acids is 1. The van der Waals surface area contributed by atoms with E-state index in [4.69, 9.17) is 9.84 Å². The van der Waals surface area contributed by atoms with Crippen molar-refractivity contribution in [1.82, 2.24) is 19.6 Å². The number of aliphatic carboxylic acids is 1. The highest BCUT2D eigenvalue weighted by atomic mass is 16.5. The van der Waals surface area contributed by atoms with Crippen LogP contribution in [0.2, 0.25) is 0 Å². The van der Waals surface area contributed by atoms with Crippen LogP contribution in [0.4, 0.5) is 0 Å². The van der Waals surface area contributed by atoms with Crippen LogP contribution in [0.25, 0.3) is 0 Å². The average Bonchev–Trinajstić information content (AvgIpc) is 3.14. The highest BCUT2D eigenvalue weighted by Gasteiger charge is 2.27. The van der Waals surface area contributed by atoms with Crippen molar-refractivity contribution >= 4 is 11.9 Å². The first-order chi connectivity index (χ1) is 13.0. The number of likely N-dealkylation sites (N-methyl/N-ethyl adjacent to an activating group) is 1. The molecule has 1 atom stereocenters. The Morgan fingerprint density at radius 2 is 2.15 bits per heavy atom. The maximum atomic E-state index is 13.1. The van der Waals surface area contributed by atoms with Crippen LogP contribution in [-0.4, -0.2) is 82.5 Å². The topological polar surface area (TPSA) is 87.9 Å². The first-order valence-electron chi connectivity index (χ1n) is 8.89. The van der Waals surface area contributed by atoms with Crippen LogP contribution >= 0.6 is 0 Å². The second-order valence-electron chi connectivity index (χ2n) is 6.70. The summed E-state index contributed by atoms with van der Waals surface area (Å²) in [7, 11) is 1.73. The fourth-order valence-corrected chi connectivity index (χ4v) is 3.26. The largest absolute Gasteiger partial charge is 0.480 e. The second-order valence-corrected chi connectivity index (χ2v) is 6.70. The number of carboxylic acid groups (broad SMARTS) is 1. The predicted molar refractivity (Wildman–Crippen MR) is 98.5 cm³/mol. The van der Waals surface area contributed by atoms with Gasteiger partial charge < -0.3 is 14.7 Å². The average molecular weight is 372 g/mol. The van der Waals surface area contributed by atoms with Crippen LogP contribution in [0.5, 0.6) is 0 Å². The van der Waals surface area contributed by atoms with Crippen LogP contribution in [0.15, 0.2) is 42.7 Å². The minimum Gasteiger partial charge on any atom is -0.480 e. The molecule has 0 bridgehead atoms. The maximum Gasteiger partial charge on any atom is 0.317 e. The van der Waals surface area contributed by atoms with E-state index >= 15 is 0 Å². The molecule has 3 rings (SSSR count). The van der Waals surface area contributed by atoms with E-state index in [9.17, 15) is 9.59 Å². The second kappa shape index (κ2) is 8.79. The van der Waals surface area contributed by atoms with Crippen molar-refractivity contribution in [3.63, 3.8) is 0 Å². The van der Waals surface area contributed by atoms with Gasteiger partial charge in [-0.15, -0.1) is 0 Å². The number of hydrogen-bond acceptors (Lipinski definition) is 5. The number of aromatic nitrogens is 2. The summed E-state index contributed by atoms with van der Waals surface area (Å²) in [6, 6.07) is 9.40. The van der Waals surface area contributed by atoms with Crippen molar-refractivity contribution in [3.8, 4) is 0 Å². The third kappa shape index (κ3) is 5.15. The van der Waals surface area contributed by atoms with Gasteiger partial charge in [-0.05, 0) is 24.7 Å². The van der Waals surface area contributed by atoms with Crippen LogP contribution in [0, 0.1) is 0 Å². The zero-order chi connectivity index (χ0) is 19.2. The van der Waals surface area contributed by atoms with Gasteiger partial charge in [0.25, 0.3) is 5.91 Å². The van der Waals surface area contributed by atoms with Crippen molar-refractivity contribution in [3.05, 3.63) is 53.9 Å². The molecule has 2 heterocycles. The van der Waals surface area contributed by atoms with Gasteiger partial charge in [0.05, 0.1) is 25.8 Å². The fourth-order valence-electron chi connectivity index (χ4n) is 3.26. The van der Waals surface area contributed by atoms with E-state index in [1.807, 2.05) is 36.5 Å². The maximum absolute atomic E-state index is 13.1. The van der Waals surface area contributed by atoms with E-state index in [2.05, 4.69) is 5.10 Å². The van der Waals surface area contributed by atoms with E-state index < -0.39 is 5.97 Å². The highest BCUT2D eigenvalue weighted by Crippen LogP contribution is 2.16. The lowest BCUT2D eigenvalue weighted by molar-refractivity contribution is -0.138. The van der Waals surface area contributed by atoms with Gasteiger partial charge in [0, 0.05) is 37.6 Å². The Labute approximate surface area is 157 Å². The molecule has 1 saturated heterocycles. The molecule has 0 spiro atoms. The summed E-state index contributed by atoms with van der Waals surface area (Å²) < 4.78 is 7.51. The minimum absolute atomic E-state index is 0.0352. The summed E-state index contributed by atoms with van der Waals surface area (Å²) in [5.41, 5.74) is 1.57. The van der Waals surface area contributed by atoms with Crippen molar-refractivity contribution < 1.29 is 19.4 Å².